The molecule has 0 unspecified atom stereocenters. The maximum Gasteiger partial charge on any atom is 0.257 e. The van der Waals surface area contributed by atoms with Crippen molar-refractivity contribution in [1.82, 2.24) is 10.2 Å². The molecule has 0 aliphatic carbocycles. The van der Waals surface area contributed by atoms with Gasteiger partial charge in [0.05, 0.1) is 12.4 Å². The van der Waals surface area contributed by atoms with Gasteiger partial charge in [-0.25, -0.2) is 0 Å². The van der Waals surface area contributed by atoms with E-state index in [-0.39, 0.29) is 17.6 Å². The lowest BCUT2D eigenvalue weighted by atomic mass is 10.0. The first-order valence-electron chi connectivity index (χ1n) is 10.0. The number of hydrogen-bond acceptors (Lipinski definition) is 7. The van der Waals surface area contributed by atoms with Gasteiger partial charge in [-0.1, -0.05) is 41.3 Å². The highest BCUT2D eigenvalue weighted by atomic mass is 32.2. The number of rotatable bonds is 7. The standard InChI is InChI=1S/C22H22N4O3S2/c1-2-29-17-11-9-16(10-12-17)20(28)23-21-24-25-22(31-21)30-14-19(27)26-13-5-7-15-6-3-4-8-18(15)26/h3-4,6,8-12H,2,5,7,13-14H2,1H3,(H,23,24,28). The van der Waals surface area contributed by atoms with Crippen molar-refractivity contribution in [2.75, 3.05) is 29.1 Å². The number of ether oxygens (including phenoxy) is 1. The molecule has 3 aromatic rings. The largest absolute Gasteiger partial charge is 0.494 e. The minimum atomic E-state index is -0.267. The molecule has 1 aliphatic heterocycles. The molecule has 0 saturated carbocycles. The van der Waals surface area contributed by atoms with Crippen LogP contribution in [0.15, 0.2) is 52.9 Å². The molecule has 0 fully saturated rings. The van der Waals surface area contributed by atoms with E-state index in [1.54, 1.807) is 24.3 Å². The number of nitrogens with one attached hydrogen (secondary N) is 1. The summed E-state index contributed by atoms with van der Waals surface area (Å²) in [5.41, 5.74) is 2.72. The summed E-state index contributed by atoms with van der Waals surface area (Å²) in [7, 11) is 0. The Morgan fingerprint density at radius 3 is 2.77 bits per heavy atom. The van der Waals surface area contributed by atoms with E-state index in [0.717, 1.165) is 30.8 Å². The molecule has 9 heteroatoms. The molecule has 0 saturated heterocycles. The molecule has 1 aliphatic rings. The van der Waals surface area contributed by atoms with Crippen LogP contribution in [0.3, 0.4) is 0 Å². The molecule has 2 heterocycles. The minimum absolute atomic E-state index is 0.0484. The number of aryl methyl sites for hydroxylation is 1. The molecule has 1 N–H and O–H groups in total. The van der Waals surface area contributed by atoms with Gasteiger partial charge in [0.15, 0.2) is 4.34 Å². The average molecular weight is 455 g/mol. The summed E-state index contributed by atoms with van der Waals surface area (Å²) in [6, 6.07) is 14.9. The molecule has 0 bridgehead atoms. The average Bonchev–Trinajstić information content (AvgIpc) is 3.25. The lowest BCUT2D eigenvalue weighted by Crippen LogP contribution is -2.36. The second-order valence-electron chi connectivity index (χ2n) is 6.85. The van der Waals surface area contributed by atoms with E-state index in [2.05, 4.69) is 21.6 Å². The van der Waals surface area contributed by atoms with E-state index in [1.807, 2.05) is 30.0 Å². The van der Waals surface area contributed by atoms with Gasteiger partial charge in [0.1, 0.15) is 5.75 Å². The zero-order chi connectivity index (χ0) is 21.6. The fourth-order valence-electron chi connectivity index (χ4n) is 3.35. The molecule has 1 aromatic heterocycles. The zero-order valence-corrected chi connectivity index (χ0v) is 18.7. The summed E-state index contributed by atoms with van der Waals surface area (Å²) in [6.07, 6.45) is 1.97. The Bertz CT molecular complexity index is 1070. The second kappa shape index (κ2) is 9.93. The summed E-state index contributed by atoms with van der Waals surface area (Å²) >= 11 is 2.59. The minimum Gasteiger partial charge on any atom is -0.494 e. The smallest absolute Gasteiger partial charge is 0.257 e. The van der Waals surface area contributed by atoms with Crippen LogP contribution < -0.4 is 15.0 Å². The van der Waals surface area contributed by atoms with E-state index in [0.29, 0.717) is 21.6 Å². The van der Waals surface area contributed by atoms with Crippen molar-refractivity contribution < 1.29 is 14.3 Å². The first-order valence-corrected chi connectivity index (χ1v) is 11.8. The van der Waals surface area contributed by atoms with Crippen LogP contribution in [-0.4, -0.2) is 40.9 Å². The summed E-state index contributed by atoms with van der Waals surface area (Å²) in [5.74, 6) is 0.772. The maximum absolute atomic E-state index is 12.8. The van der Waals surface area contributed by atoms with Crippen molar-refractivity contribution in [3.05, 3.63) is 59.7 Å². The SMILES string of the molecule is CCOc1ccc(C(=O)Nc2nnc(SCC(=O)N3CCCc4ccccc43)s2)cc1. The number of aromatic nitrogens is 2. The number of amides is 2. The molecule has 31 heavy (non-hydrogen) atoms. The van der Waals surface area contributed by atoms with E-state index >= 15 is 0 Å². The quantitative estimate of drug-likeness (QED) is 0.424. The molecule has 160 valence electrons. The van der Waals surface area contributed by atoms with Crippen LogP contribution in [0.4, 0.5) is 10.8 Å². The molecule has 7 nitrogen and oxygen atoms in total. The Labute approximate surface area is 188 Å². The number of nitrogens with zero attached hydrogens (tertiary/aromatic N) is 3. The fourth-order valence-corrected chi connectivity index (χ4v) is 4.97. The normalized spacial score (nSPS) is 12.9. The maximum atomic E-state index is 12.8. The van der Waals surface area contributed by atoms with Gasteiger partial charge in [-0.05, 0) is 55.7 Å². The molecule has 0 radical (unpaired) electrons. The Morgan fingerprint density at radius 2 is 1.97 bits per heavy atom. The number of fused-ring (bicyclic) bond motifs is 1. The molecule has 2 amide bonds. The number of hydrogen-bond donors (Lipinski definition) is 1. The summed E-state index contributed by atoms with van der Waals surface area (Å²) in [6.45, 7) is 3.21. The Balaban J connectivity index is 1.32. The monoisotopic (exact) mass is 454 g/mol. The van der Waals surface area contributed by atoms with Crippen LogP contribution in [-0.2, 0) is 11.2 Å². The third-order valence-corrected chi connectivity index (χ3v) is 6.74. The van der Waals surface area contributed by atoms with Gasteiger partial charge in [0.25, 0.3) is 5.91 Å². The first kappa shape index (κ1) is 21.3. The predicted molar refractivity (Wildman–Crippen MR) is 123 cm³/mol. The molecule has 2 aromatic carbocycles. The number of carbonyl (C=O) groups is 2. The lowest BCUT2D eigenvalue weighted by Gasteiger charge is -2.29. The summed E-state index contributed by atoms with van der Waals surface area (Å²) in [5, 5.41) is 11.3. The van der Waals surface area contributed by atoms with Crippen LogP contribution in [0.5, 0.6) is 5.75 Å². The number of anilines is 2. The highest BCUT2D eigenvalue weighted by molar-refractivity contribution is 8.01. The van der Waals surface area contributed by atoms with Crippen molar-refractivity contribution in [1.29, 1.82) is 0 Å². The number of para-hydroxylation sites is 1. The van der Waals surface area contributed by atoms with Crippen molar-refractivity contribution in [2.24, 2.45) is 0 Å². The van der Waals surface area contributed by atoms with Gasteiger partial charge in [-0.15, -0.1) is 10.2 Å². The van der Waals surface area contributed by atoms with E-state index in [1.165, 1.54) is 28.7 Å². The van der Waals surface area contributed by atoms with Gasteiger partial charge in [0, 0.05) is 17.8 Å². The number of thioether (sulfide) groups is 1. The van der Waals surface area contributed by atoms with Gasteiger partial charge in [0.2, 0.25) is 11.0 Å². The van der Waals surface area contributed by atoms with Gasteiger partial charge in [-0.3, -0.25) is 14.9 Å². The van der Waals surface area contributed by atoms with Crippen molar-refractivity contribution >= 4 is 45.7 Å². The molecule has 0 atom stereocenters. The third kappa shape index (κ3) is 5.23. The highest BCUT2D eigenvalue weighted by Crippen LogP contribution is 2.30. The van der Waals surface area contributed by atoms with Crippen molar-refractivity contribution in [2.45, 2.75) is 24.1 Å². The van der Waals surface area contributed by atoms with Gasteiger partial charge >= 0.3 is 0 Å². The molecule has 0 spiro atoms. The topological polar surface area (TPSA) is 84.4 Å². The zero-order valence-electron chi connectivity index (χ0n) is 17.0. The van der Waals surface area contributed by atoms with Crippen LogP contribution >= 0.6 is 23.1 Å². The fraction of sp³-hybridized carbons (Fsp3) is 0.273. The summed E-state index contributed by atoms with van der Waals surface area (Å²) in [4.78, 5) is 27.0. The van der Waals surface area contributed by atoms with Crippen molar-refractivity contribution in [3.63, 3.8) is 0 Å². The second-order valence-corrected chi connectivity index (χ2v) is 9.05. The highest BCUT2D eigenvalue weighted by Gasteiger charge is 2.22. The number of benzene rings is 2. The Hall–Kier alpha value is -2.91. The summed E-state index contributed by atoms with van der Waals surface area (Å²) < 4.78 is 6.03. The van der Waals surface area contributed by atoms with Crippen LogP contribution in [0, 0.1) is 0 Å². The molecular formula is C22H22N4O3S2. The van der Waals surface area contributed by atoms with E-state index in [4.69, 9.17) is 4.74 Å². The first-order chi connectivity index (χ1) is 15.1. The van der Waals surface area contributed by atoms with Crippen LogP contribution in [0.2, 0.25) is 0 Å². The van der Waals surface area contributed by atoms with Gasteiger partial charge in [-0.2, -0.15) is 0 Å². The predicted octanol–water partition coefficient (Wildman–Crippen LogP) is 4.26. The Kier molecular flexibility index (Phi) is 6.83. The van der Waals surface area contributed by atoms with Crippen LogP contribution in [0.1, 0.15) is 29.3 Å². The van der Waals surface area contributed by atoms with Gasteiger partial charge < -0.3 is 9.64 Å². The van der Waals surface area contributed by atoms with Crippen LogP contribution in [0.25, 0.3) is 0 Å². The van der Waals surface area contributed by atoms with E-state index < -0.39 is 0 Å². The molecular weight excluding hydrogens is 432 g/mol. The molecule has 4 rings (SSSR count). The van der Waals surface area contributed by atoms with E-state index in [9.17, 15) is 9.59 Å². The Morgan fingerprint density at radius 1 is 1.16 bits per heavy atom. The third-order valence-electron chi connectivity index (χ3n) is 4.78. The van der Waals surface area contributed by atoms with Crippen molar-refractivity contribution in [3.8, 4) is 5.75 Å². The number of carbonyl (C=O) groups excluding carboxylic acids is 2. The lowest BCUT2D eigenvalue weighted by molar-refractivity contribution is -0.116.